The molecule has 0 amide bonds. The van der Waals surface area contributed by atoms with Crippen molar-refractivity contribution < 1.29 is 24.7 Å². The minimum atomic E-state index is -2.01. The van der Waals surface area contributed by atoms with E-state index in [2.05, 4.69) is 0 Å². The number of carboxylic acids is 2. The number of halogens is 1. The maximum atomic E-state index is 10.6. The normalized spacial score (nSPS) is 9.24. The first kappa shape index (κ1) is 16.4. The molecule has 1 rings (SSSR count). The smallest absolute Gasteiger partial charge is 0.545 e. The van der Waals surface area contributed by atoms with Gasteiger partial charge in [0.15, 0.2) is 0 Å². The van der Waals surface area contributed by atoms with Crippen molar-refractivity contribution in [2.45, 2.75) is 0 Å². The largest absolute Gasteiger partial charge is 2.00 e. The van der Waals surface area contributed by atoms with Gasteiger partial charge in [-0.25, -0.2) is 0 Å². The molecule has 84 valence electrons. The first-order valence-corrected chi connectivity index (χ1v) is 4.13. The van der Waals surface area contributed by atoms with Crippen LogP contribution in [0.3, 0.4) is 0 Å². The minimum absolute atomic E-state index is 0. The summed E-state index contributed by atoms with van der Waals surface area (Å²) in [5, 5.41) is 31.2. The Kier molecular flexibility index (Phi) is 6.16. The Labute approximate surface area is 140 Å². The molecule has 0 atom stereocenters. The molecule has 1 aromatic carbocycles. The summed E-state index contributed by atoms with van der Waals surface area (Å²) in [7, 11) is 0. The Balaban J connectivity index is 0.00000256. The Morgan fingerprint density at radius 1 is 1.18 bits per heavy atom. The topological polar surface area (TPSA) is 123 Å². The summed E-state index contributed by atoms with van der Waals surface area (Å²) >= 11 is 5.40. The molecule has 1 aromatic rings. The van der Waals surface area contributed by atoms with Crippen molar-refractivity contribution in [2.75, 3.05) is 0 Å². The third-order valence-electron chi connectivity index (χ3n) is 1.74. The predicted molar refractivity (Wildman–Crippen MR) is 52.5 cm³/mol. The number of carboxylic acid groups (broad SMARTS) is 2. The maximum absolute atomic E-state index is 10.6. The van der Waals surface area contributed by atoms with Gasteiger partial charge in [0.2, 0.25) is 0 Å². The van der Waals surface area contributed by atoms with Gasteiger partial charge < -0.3 is 19.8 Å². The molecule has 7 nitrogen and oxygen atoms in total. The van der Waals surface area contributed by atoms with Crippen molar-refractivity contribution in [3.63, 3.8) is 0 Å². The van der Waals surface area contributed by atoms with Crippen LogP contribution >= 0.6 is 11.6 Å². The van der Waals surface area contributed by atoms with E-state index in [1.165, 1.54) is 0 Å². The number of hydrogen-bond acceptors (Lipinski definition) is 6. The molecular formula is C8H2BaClNO6. The Hall–Kier alpha value is -0.579. The van der Waals surface area contributed by atoms with E-state index < -0.39 is 38.7 Å². The minimum Gasteiger partial charge on any atom is -0.545 e. The van der Waals surface area contributed by atoms with Crippen molar-refractivity contribution in [2.24, 2.45) is 0 Å². The van der Waals surface area contributed by atoms with Crippen LogP contribution in [-0.2, 0) is 0 Å². The van der Waals surface area contributed by atoms with Gasteiger partial charge in [-0.1, -0.05) is 17.7 Å². The van der Waals surface area contributed by atoms with Crippen molar-refractivity contribution in [1.29, 1.82) is 0 Å². The molecule has 0 aliphatic heterocycles. The molecule has 0 bridgehead atoms. The fourth-order valence-corrected chi connectivity index (χ4v) is 1.35. The Morgan fingerprint density at radius 3 is 2.06 bits per heavy atom. The summed E-state index contributed by atoms with van der Waals surface area (Å²) in [5.74, 6) is -3.87. The summed E-state index contributed by atoms with van der Waals surface area (Å²) in [6.07, 6.45) is 0. The van der Waals surface area contributed by atoms with Crippen LogP contribution in [0.15, 0.2) is 12.1 Å². The number of carbonyl (C=O) groups is 2. The van der Waals surface area contributed by atoms with Crippen LogP contribution in [0.1, 0.15) is 20.7 Å². The van der Waals surface area contributed by atoms with Crippen LogP contribution in [0.2, 0.25) is 5.02 Å². The molecule has 17 heavy (non-hydrogen) atoms. The van der Waals surface area contributed by atoms with Crippen molar-refractivity contribution in [3.8, 4) is 0 Å². The quantitative estimate of drug-likeness (QED) is 0.360. The van der Waals surface area contributed by atoms with Gasteiger partial charge in [0, 0.05) is 5.56 Å². The fraction of sp³-hybridized carbons (Fsp3) is 0. The van der Waals surface area contributed by atoms with E-state index in [4.69, 9.17) is 11.6 Å². The van der Waals surface area contributed by atoms with E-state index in [9.17, 15) is 29.9 Å². The van der Waals surface area contributed by atoms with E-state index in [-0.39, 0.29) is 48.9 Å². The van der Waals surface area contributed by atoms with Crippen molar-refractivity contribution in [3.05, 3.63) is 38.4 Å². The molecule has 0 radical (unpaired) electrons. The molecule has 0 heterocycles. The second-order valence-electron chi connectivity index (χ2n) is 2.65. The average molecular weight is 381 g/mol. The number of rotatable bonds is 3. The zero-order valence-corrected chi connectivity index (χ0v) is 13.3. The molecule has 0 aromatic heterocycles. The van der Waals surface area contributed by atoms with Gasteiger partial charge in [-0.15, -0.1) is 0 Å². The van der Waals surface area contributed by atoms with Crippen LogP contribution in [0.5, 0.6) is 0 Å². The summed E-state index contributed by atoms with van der Waals surface area (Å²) in [6, 6.07) is 1.70. The van der Waals surface area contributed by atoms with Gasteiger partial charge in [0.05, 0.1) is 22.4 Å². The number of hydrogen-bond donors (Lipinski definition) is 0. The van der Waals surface area contributed by atoms with E-state index in [0.29, 0.717) is 0 Å². The molecule has 0 fully saturated rings. The van der Waals surface area contributed by atoms with Crippen LogP contribution < -0.4 is 10.2 Å². The zero-order valence-electron chi connectivity index (χ0n) is 8.14. The second-order valence-corrected chi connectivity index (χ2v) is 3.06. The molecule has 0 aliphatic rings. The Bertz CT molecular complexity index is 503. The van der Waals surface area contributed by atoms with Gasteiger partial charge in [-0.2, -0.15) is 0 Å². The van der Waals surface area contributed by atoms with Crippen LogP contribution in [0.25, 0.3) is 0 Å². The monoisotopic (exact) mass is 381 g/mol. The van der Waals surface area contributed by atoms with E-state index in [1.807, 2.05) is 0 Å². The van der Waals surface area contributed by atoms with Crippen LogP contribution in [-0.4, -0.2) is 65.7 Å². The number of nitro groups is 1. The molecule has 0 unspecified atom stereocenters. The molecule has 0 spiro atoms. The fourth-order valence-electron chi connectivity index (χ4n) is 1.12. The number of carbonyl (C=O) groups excluding carboxylic acids is 2. The molecule has 0 aliphatic carbocycles. The summed E-state index contributed by atoms with van der Waals surface area (Å²) in [4.78, 5) is 30.6. The van der Waals surface area contributed by atoms with Crippen molar-refractivity contribution in [1.82, 2.24) is 0 Å². The zero-order chi connectivity index (χ0) is 12.5. The average Bonchev–Trinajstić information content (AvgIpc) is 2.15. The first-order valence-electron chi connectivity index (χ1n) is 3.75. The summed E-state index contributed by atoms with van der Waals surface area (Å²) < 4.78 is 0. The van der Waals surface area contributed by atoms with Gasteiger partial charge in [-0.05, 0) is 6.07 Å². The standard InChI is InChI=1S/C8H4ClNO6.Ba/c9-4-2-1-3(7(11)12)5(8(13)14)6(4)10(15)16;/h1-2H,(H,11,12)(H,13,14);/q;+2/p-2. The van der Waals surface area contributed by atoms with E-state index >= 15 is 0 Å². The van der Waals surface area contributed by atoms with Crippen LogP contribution in [0, 0.1) is 10.1 Å². The molecule has 0 N–H and O–H groups in total. The summed E-state index contributed by atoms with van der Waals surface area (Å²) in [5.41, 5.74) is -2.98. The van der Waals surface area contributed by atoms with Gasteiger partial charge in [0.25, 0.3) is 5.69 Å². The first-order chi connectivity index (χ1) is 7.36. The number of aromatic carboxylic acids is 2. The second kappa shape index (κ2) is 6.38. The molecule has 0 saturated heterocycles. The SMILES string of the molecule is O=C([O-])c1ccc(Cl)c([N+](=O)[O-])c1C(=O)[O-].[Ba+2]. The number of benzene rings is 1. The summed E-state index contributed by atoms with van der Waals surface area (Å²) in [6.45, 7) is 0. The molecule has 9 heteroatoms. The molecule has 0 saturated carbocycles. The van der Waals surface area contributed by atoms with Crippen LogP contribution in [0.4, 0.5) is 5.69 Å². The van der Waals surface area contributed by atoms with E-state index in [1.54, 1.807) is 0 Å². The van der Waals surface area contributed by atoms with E-state index in [0.717, 1.165) is 12.1 Å². The number of nitrogens with zero attached hydrogens (tertiary/aromatic N) is 1. The van der Waals surface area contributed by atoms with Gasteiger partial charge >= 0.3 is 48.9 Å². The van der Waals surface area contributed by atoms with Gasteiger partial charge in [0.1, 0.15) is 5.02 Å². The van der Waals surface area contributed by atoms with Gasteiger partial charge in [-0.3, -0.25) is 10.1 Å². The third kappa shape index (κ3) is 3.44. The Morgan fingerprint density at radius 2 is 1.71 bits per heavy atom. The number of nitro benzene ring substituents is 1. The molecular weight excluding hydrogens is 379 g/mol. The maximum Gasteiger partial charge on any atom is 2.00 e. The van der Waals surface area contributed by atoms with Crippen molar-refractivity contribution >= 4 is 78.1 Å². The third-order valence-corrected chi connectivity index (χ3v) is 2.04. The predicted octanol–water partition coefficient (Wildman–Crippen LogP) is -1.41.